The van der Waals surface area contributed by atoms with E-state index in [2.05, 4.69) is 0 Å². The summed E-state index contributed by atoms with van der Waals surface area (Å²) in [7, 11) is 3.29. The Bertz CT molecular complexity index is 771. The summed E-state index contributed by atoms with van der Waals surface area (Å²) in [6.07, 6.45) is 0. The first-order valence-corrected chi connectivity index (χ1v) is 7.61. The molecule has 0 saturated heterocycles. The second-order valence-corrected chi connectivity index (χ2v) is 5.51. The molecule has 0 radical (unpaired) electrons. The molecule has 124 valence electrons. The van der Waals surface area contributed by atoms with Crippen LogP contribution in [0.25, 0.3) is 0 Å². The van der Waals surface area contributed by atoms with E-state index in [1.165, 1.54) is 6.07 Å². The van der Waals surface area contributed by atoms with Crippen LogP contribution >= 0.6 is 11.6 Å². The maximum absolute atomic E-state index is 12.2. The summed E-state index contributed by atoms with van der Waals surface area (Å²) < 4.78 is 10.7. The number of hydrogen-bond donors (Lipinski definition) is 0. The molecule has 2 aromatic rings. The van der Waals surface area contributed by atoms with Gasteiger partial charge in [0.1, 0.15) is 11.5 Å². The second kappa shape index (κ2) is 8.23. The molecular formula is C18H17ClN2O3. The van der Waals surface area contributed by atoms with Crippen molar-refractivity contribution >= 4 is 17.5 Å². The monoisotopic (exact) mass is 344 g/mol. The van der Waals surface area contributed by atoms with Gasteiger partial charge in [0.05, 0.1) is 23.8 Å². The quantitative estimate of drug-likeness (QED) is 0.807. The van der Waals surface area contributed by atoms with Crippen LogP contribution in [0.3, 0.4) is 0 Å². The average Bonchev–Trinajstić information content (AvgIpc) is 2.60. The number of likely N-dealkylation sites (N-methyl/N-ethyl adjacent to an activating group) is 1. The molecule has 2 rings (SSSR count). The van der Waals surface area contributed by atoms with Crippen LogP contribution in [-0.4, -0.2) is 31.6 Å². The minimum absolute atomic E-state index is 0.142. The van der Waals surface area contributed by atoms with Crippen LogP contribution in [0.2, 0.25) is 5.02 Å². The molecule has 0 aliphatic heterocycles. The fourth-order valence-corrected chi connectivity index (χ4v) is 2.35. The zero-order valence-electron chi connectivity index (χ0n) is 13.5. The minimum Gasteiger partial charge on any atom is -0.496 e. The van der Waals surface area contributed by atoms with E-state index in [0.29, 0.717) is 22.9 Å². The largest absolute Gasteiger partial charge is 0.496 e. The zero-order valence-corrected chi connectivity index (χ0v) is 14.2. The van der Waals surface area contributed by atoms with Gasteiger partial charge in [-0.3, -0.25) is 4.79 Å². The van der Waals surface area contributed by atoms with Gasteiger partial charge in [0.2, 0.25) is 0 Å². The molecule has 0 N–H and O–H groups in total. The van der Waals surface area contributed by atoms with Crippen LogP contribution in [0.1, 0.15) is 11.1 Å². The number of hydrogen-bond acceptors (Lipinski definition) is 4. The third kappa shape index (κ3) is 4.40. The molecule has 0 heterocycles. The van der Waals surface area contributed by atoms with E-state index in [1.54, 1.807) is 31.2 Å². The van der Waals surface area contributed by atoms with E-state index in [0.717, 1.165) is 11.3 Å². The Hall–Kier alpha value is -2.71. The van der Waals surface area contributed by atoms with Gasteiger partial charge in [0.25, 0.3) is 5.91 Å². The van der Waals surface area contributed by atoms with Crippen molar-refractivity contribution in [2.45, 2.75) is 6.54 Å². The van der Waals surface area contributed by atoms with Gasteiger partial charge >= 0.3 is 0 Å². The molecule has 0 unspecified atom stereocenters. The smallest absolute Gasteiger partial charge is 0.260 e. The molecule has 1 amide bonds. The normalized spacial score (nSPS) is 9.92. The molecule has 5 nitrogen and oxygen atoms in total. The summed E-state index contributed by atoms with van der Waals surface area (Å²) in [4.78, 5) is 13.8. The summed E-state index contributed by atoms with van der Waals surface area (Å²) in [6, 6.07) is 14.2. The van der Waals surface area contributed by atoms with E-state index < -0.39 is 0 Å². The number of carbonyl (C=O) groups excluding carboxylic acids is 1. The minimum atomic E-state index is -0.193. The van der Waals surface area contributed by atoms with Gasteiger partial charge in [-0.25, -0.2) is 0 Å². The van der Waals surface area contributed by atoms with Gasteiger partial charge in [-0.2, -0.15) is 5.26 Å². The molecule has 0 bridgehead atoms. The van der Waals surface area contributed by atoms with Crippen molar-refractivity contribution < 1.29 is 14.3 Å². The van der Waals surface area contributed by atoms with Gasteiger partial charge in [0, 0.05) is 19.2 Å². The number of carbonyl (C=O) groups is 1. The molecule has 6 heteroatoms. The van der Waals surface area contributed by atoms with E-state index in [4.69, 9.17) is 26.3 Å². The highest BCUT2D eigenvalue weighted by atomic mass is 35.5. The number of para-hydroxylation sites is 1. The van der Waals surface area contributed by atoms with Crippen molar-refractivity contribution in [1.82, 2.24) is 4.90 Å². The Morgan fingerprint density at radius 3 is 2.67 bits per heavy atom. The van der Waals surface area contributed by atoms with E-state index in [9.17, 15) is 4.79 Å². The van der Waals surface area contributed by atoms with Crippen LogP contribution in [0.5, 0.6) is 11.5 Å². The number of nitriles is 1. The molecular weight excluding hydrogens is 328 g/mol. The summed E-state index contributed by atoms with van der Waals surface area (Å²) in [5, 5.41) is 9.11. The lowest BCUT2D eigenvalue weighted by Crippen LogP contribution is -2.31. The highest BCUT2D eigenvalue weighted by Gasteiger charge is 2.13. The van der Waals surface area contributed by atoms with Crippen molar-refractivity contribution in [2.24, 2.45) is 0 Å². The predicted octanol–water partition coefficient (Wildman–Crippen LogP) is 3.26. The first-order valence-electron chi connectivity index (χ1n) is 7.23. The first kappa shape index (κ1) is 17.6. The fourth-order valence-electron chi connectivity index (χ4n) is 2.11. The molecule has 2 aromatic carbocycles. The van der Waals surface area contributed by atoms with Gasteiger partial charge in [-0.1, -0.05) is 29.8 Å². The Balaban J connectivity index is 1.96. The van der Waals surface area contributed by atoms with Crippen LogP contribution in [0.15, 0.2) is 42.5 Å². The summed E-state index contributed by atoms with van der Waals surface area (Å²) in [6.45, 7) is 0.268. The van der Waals surface area contributed by atoms with E-state index in [-0.39, 0.29) is 12.5 Å². The van der Waals surface area contributed by atoms with Gasteiger partial charge in [-0.05, 0) is 24.3 Å². The summed E-state index contributed by atoms with van der Waals surface area (Å²) in [5.74, 6) is 0.907. The third-order valence-corrected chi connectivity index (χ3v) is 3.73. The molecule has 0 saturated carbocycles. The molecule has 0 spiro atoms. The van der Waals surface area contributed by atoms with Crippen LogP contribution < -0.4 is 9.47 Å². The highest BCUT2D eigenvalue weighted by molar-refractivity contribution is 6.32. The van der Waals surface area contributed by atoms with Crippen molar-refractivity contribution in [3.8, 4) is 17.6 Å². The number of amides is 1. The Morgan fingerprint density at radius 1 is 1.25 bits per heavy atom. The predicted molar refractivity (Wildman–Crippen MR) is 91.1 cm³/mol. The second-order valence-electron chi connectivity index (χ2n) is 5.11. The molecule has 0 aromatic heterocycles. The Labute approximate surface area is 146 Å². The number of nitrogens with zero attached hydrogens (tertiary/aromatic N) is 2. The SMILES string of the molecule is COc1ccccc1CN(C)C(=O)COc1ccc(C#N)cc1Cl. The molecule has 0 fully saturated rings. The van der Waals surface area contributed by atoms with Gasteiger partial charge in [0.15, 0.2) is 6.61 Å². The average molecular weight is 345 g/mol. The molecule has 0 atom stereocenters. The maximum atomic E-state index is 12.2. The lowest BCUT2D eigenvalue weighted by Gasteiger charge is -2.19. The topological polar surface area (TPSA) is 62.6 Å². The highest BCUT2D eigenvalue weighted by Crippen LogP contribution is 2.25. The summed E-state index contributed by atoms with van der Waals surface area (Å²) >= 11 is 6.02. The van der Waals surface area contributed by atoms with E-state index in [1.807, 2.05) is 30.3 Å². The number of ether oxygens (including phenoxy) is 2. The number of halogens is 1. The lowest BCUT2D eigenvalue weighted by molar-refractivity contribution is -0.132. The number of methoxy groups -OCH3 is 1. The van der Waals surface area contributed by atoms with E-state index >= 15 is 0 Å². The Morgan fingerprint density at radius 2 is 2.00 bits per heavy atom. The third-order valence-electron chi connectivity index (χ3n) is 3.44. The van der Waals surface area contributed by atoms with Gasteiger partial charge < -0.3 is 14.4 Å². The summed E-state index contributed by atoms with van der Waals surface area (Å²) in [5.41, 5.74) is 1.35. The molecule has 0 aliphatic rings. The Kier molecular flexibility index (Phi) is 6.05. The first-order chi connectivity index (χ1) is 11.5. The molecule has 0 aliphatic carbocycles. The fraction of sp³-hybridized carbons (Fsp3) is 0.222. The van der Waals surface area contributed by atoms with Crippen LogP contribution in [-0.2, 0) is 11.3 Å². The van der Waals surface area contributed by atoms with Gasteiger partial charge in [-0.15, -0.1) is 0 Å². The number of rotatable bonds is 6. The number of benzene rings is 2. The van der Waals surface area contributed by atoms with Crippen LogP contribution in [0.4, 0.5) is 0 Å². The van der Waals surface area contributed by atoms with Crippen molar-refractivity contribution in [2.75, 3.05) is 20.8 Å². The lowest BCUT2D eigenvalue weighted by atomic mass is 10.2. The maximum Gasteiger partial charge on any atom is 0.260 e. The van der Waals surface area contributed by atoms with Crippen molar-refractivity contribution in [3.63, 3.8) is 0 Å². The standard InChI is InChI=1S/C18H17ClN2O3/c1-21(11-14-5-3-4-6-16(14)23-2)18(22)12-24-17-8-7-13(10-20)9-15(17)19/h3-9H,11-12H2,1-2H3. The van der Waals surface area contributed by atoms with Crippen molar-refractivity contribution in [1.29, 1.82) is 5.26 Å². The zero-order chi connectivity index (χ0) is 17.5. The van der Waals surface area contributed by atoms with Crippen LogP contribution in [0, 0.1) is 11.3 Å². The molecule has 24 heavy (non-hydrogen) atoms. The van der Waals surface area contributed by atoms with Crippen molar-refractivity contribution in [3.05, 3.63) is 58.6 Å².